The second kappa shape index (κ2) is 6.16. The molecule has 0 unspecified atom stereocenters. The monoisotopic (exact) mass is 250 g/mol. The van der Waals surface area contributed by atoms with Crippen molar-refractivity contribution in [3.05, 3.63) is 24.0 Å². The third kappa shape index (κ3) is 2.74. The summed E-state index contributed by atoms with van der Waals surface area (Å²) in [6, 6.07) is 3.85. The molecule has 0 spiro atoms. The van der Waals surface area contributed by atoms with E-state index in [-0.39, 0.29) is 24.8 Å². The minimum Gasteiger partial charge on any atom is -0.491 e. The fourth-order valence-corrected chi connectivity index (χ4v) is 1.75. The van der Waals surface area contributed by atoms with E-state index < -0.39 is 0 Å². The van der Waals surface area contributed by atoms with Crippen LogP contribution in [0.3, 0.4) is 0 Å². The molecule has 2 rings (SSSR count). The highest BCUT2D eigenvalue weighted by Gasteiger charge is 2.27. The van der Waals surface area contributed by atoms with Gasteiger partial charge in [-0.1, -0.05) is 6.92 Å². The Morgan fingerprint density at radius 1 is 1.53 bits per heavy atom. The van der Waals surface area contributed by atoms with Gasteiger partial charge in [0.1, 0.15) is 5.75 Å². The van der Waals surface area contributed by atoms with Crippen LogP contribution in [0.5, 0.6) is 5.75 Å². The second-order valence-electron chi connectivity index (χ2n) is 3.52. The van der Waals surface area contributed by atoms with Crippen LogP contribution in [0.15, 0.2) is 18.3 Å². The Balaban J connectivity index is 0.000000980. The van der Waals surface area contributed by atoms with Gasteiger partial charge in [-0.05, 0) is 18.1 Å². The van der Waals surface area contributed by atoms with Crippen molar-refractivity contribution >= 4 is 24.8 Å². The maximum Gasteiger partial charge on any atom is 0.141 e. The summed E-state index contributed by atoms with van der Waals surface area (Å²) in [5.41, 5.74) is 6.73. The Kier molecular flexibility index (Phi) is 5.95. The van der Waals surface area contributed by atoms with Crippen molar-refractivity contribution in [3.8, 4) is 5.75 Å². The van der Waals surface area contributed by atoms with Crippen molar-refractivity contribution in [1.29, 1.82) is 0 Å². The highest BCUT2D eigenvalue weighted by Crippen LogP contribution is 2.33. The first-order chi connectivity index (χ1) is 6.33. The lowest BCUT2D eigenvalue weighted by Gasteiger charge is -2.29. The molecule has 3 nitrogen and oxygen atoms in total. The summed E-state index contributed by atoms with van der Waals surface area (Å²) in [6.45, 7) is 3.55. The molecule has 1 aliphatic rings. The van der Waals surface area contributed by atoms with E-state index in [2.05, 4.69) is 11.9 Å². The van der Waals surface area contributed by atoms with Crippen molar-refractivity contribution in [3.63, 3.8) is 0 Å². The predicted octanol–water partition coefficient (Wildman–Crippen LogP) is 2.00. The van der Waals surface area contributed by atoms with Crippen LogP contribution in [0, 0.1) is 5.92 Å². The van der Waals surface area contributed by atoms with Gasteiger partial charge in [0.25, 0.3) is 0 Å². The molecular formula is C10H16Cl2N2O. The largest absolute Gasteiger partial charge is 0.491 e. The molecular weight excluding hydrogens is 235 g/mol. The lowest BCUT2D eigenvalue weighted by Crippen LogP contribution is -2.29. The lowest BCUT2D eigenvalue weighted by atomic mass is 9.89. The molecule has 0 aliphatic carbocycles. The van der Waals surface area contributed by atoms with Crippen molar-refractivity contribution in [2.24, 2.45) is 11.7 Å². The molecule has 2 atom stereocenters. The number of rotatable bonds is 1. The van der Waals surface area contributed by atoms with Crippen molar-refractivity contribution in [2.75, 3.05) is 13.2 Å². The average Bonchev–Trinajstić information content (AvgIpc) is 2.18. The van der Waals surface area contributed by atoms with E-state index in [0.717, 1.165) is 18.1 Å². The summed E-state index contributed by atoms with van der Waals surface area (Å²) < 4.78 is 5.55. The van der Waals surface area contributed by atoms with Crippen LogP contribution >= 0.6 is 24.8 Å². The van der Waals surface area contributed by atoms with Gasteiger partial charge in [0, 0.05) is 18.7 Å². The molecule has 5 heteroatoms. The standard InChI is InChI=1S/C10H14N2O.2ClH/c1-7-6-13-9-3-2-4-12-10(9)8(7)5-11;;/h2-4,7-8H,5-6,11H2,1H3;2*1H/t7-,8-;;/m0../s1. The van der Waals surface area contributed by atoms with Crippen LogP contribution in [0.4, 0.5) is 0 Å². The molecule has 0 bridgehead atoms. The molecule has 2 heterocycles. The van der Waals surface area contributed by atoms with E-state index in [1.54, 1.807) is 6.20 Å². The molecule has 0 radical (unpaired) electrons. The fourth-order valence-electron chi connectivity index (χ4n) is 1.75. The molecule has 0 saturated heterocycles. The number of hydrogen-bond acceptors (Lipinski definition) is 3. The highest BCUT2D eigenvalue weighted by atomic mass is 35.5. The average molecular weight is 251 g/mol. The number of pyridine rings is 1. The van der Waals surface area contributed by atoms with E-state index in [9.17, 15) is 0 Å². The first-order valence-corrected chi connectivity index (χ1v) is 4.60. The minimum absolute atomic E-state index is 0. The van der Waals surface area contributed by atoms with Crippen LogP contribution in [0.2, 0.25) is 0 Å². The van der Waals surface area contributed by atoms with Gasteiger partial charge in [0.2, 0.25) is 0 Å². The number of aromatic nitrogens is 1. The minimum atomic E-state index is 0. The summed E-state index contributed by atoms with van der Waals surface area (Å²) >= 11 is 0. The molecule has 1 aromatic heterocycles. The maximum atomic E-state index is 5.71. The van der Waals surface area contributed by atoms with E-state index in [1.165, 1.54) is 0 Å². The molecule has 1 aliphatic heterocycles. The van der Waals surface area contributed by atoms with Crippen LogP contribution in [0.1, 0.15) is 18.5 Å². The molecule has 86 valence electrons. The highest BCUT2D eigenvalue weighted by molar-refractivity contribution is 5.85. The fraction of sp³-hybridized carbons (Fsp3) is 0.500. The summed E-state index contributed by atoms with van der Waals surface area (Å²) in [5.74, 6) is 1.72. The Bertz CT molecular complexity index is 309. The van der Waals surface area contributed by atoms with E-state index >= 15 is 0 Å². The number of hydrogen-bond donors (Lipinski definition) is 1. The number of nitrogens with zero attached hydrogens (tertiary/aromatic N) is 1. The SMILES string of the molecule is C[C@H]1COc2cccnc2[C@H]1CN.Cl.Cl. The van der Waals surface area contributed by atoms with Crippen molar-refractivity contribution in [2.45, 2.75) is 12.8 Å². The first kappa shape index (κ1) is 14.5. The Morgan fingerprint density at radius 3 is 2.93 bits per heavy atom. The number of nitrogens with two attached hydrogens (primary N) is 1. The van der Waals surface area contributed by atoms with Crippen molar-refractivity contribution < 1.29 is 4.74 Å². The zero-order valence-corrected chi connectivity index (χ0v) is 10.2. The van der Waals surface area contributed by atoms with Crippen LogP contribution in [0.25, 0.3) is 0 Å². The molecule has 2 N–H and O–H groups in total. The zero-order chi connectivity index (χ0) is 9.26. The number of halogens is 2. The van der Waals surface area contributed by atoms with Gasteiger partial charge in [0.05, 0.1) is 12.3 Å². The summed E-state index contributed by atoms with van der Waals surface area (Å²) in [6.07, 6.45) is 1.79. The van der Waals surface area contributed by atoms with Gasteiger partial charge in [0.15, 0.2) is 0 Å². The van der Waals surface area contributed by atoms with Gasteiger partial charge in [-0.25, -0.2) is 0 Å². The van der Waals surface area contributed by atoms with Gasteiger partial charge in [-0.3, -0.25) is 4.98 Å². The Labute approximate surface area is 102 Å². The predicted molar refractivity (Wildman–Crippen MR) is 65.2 cm³/mol. The zero-order valence-electron chi connectivity index (χ0n) is 8.55. The Hall–Kier alpha value is -0.510. The van der Waals surface area contributed by atoms with E-state index in [4.69, 9.17) is 10.5 Å². The van der Waals surface area contributed by atoms with Crippen LogP contribution in [-0.2, 0) is 0 Å². The van der Waals surface area contributed by atoms with Gasteiger partial charge < -0.3 is 10.5 Å². The maximum absolute atomic E-state index is 5.71. The molecule has 0 aromatic carbocycles. The normalized spacial score (nSPS) is 22.8. The van der Waals surface area contributed by atoms with Gasteiger partial charge in [-0.15, -0.1) is 24.8 Å². The van der Waals surface area contributed by atoms with Gasteiger partial charge >= 0.3 is 0 Å². The van der Waals surface area contributed by atoms with Crippen molar-refractivity contribution in [1.82, 2.24) is 4.98 Å². The third-order valence-electron chi connectivity index (χ3n) is 2.59. The van der Waals surface area contributed by atoms with E-state index in [1.807, 2.05) is 12.1 Å². The molecule has 0 amide bonds. The number of ether oxygens (including phenoxy) is 1. The smallest absolute Gasteiger partial charge is 0.141 e. The lowest BCUT2D eigenvalue weighted by molar-refractivity contribution is 0.203. The number of fused-ring (bicyclic) bond motifs is 1. The molecule has 0 fully saturated rings. The topological polar surface area (TPSA) is 48.1 Å². The summed E-state index contributed by atoms with van der Waals surface area (Å²) in [5, 5.41) is 0. The summed E-state index contributed by atoms with van der Waals surface area (Å²) in [4.78, 5) is 4.32. The quantitative estimate of drug-likeness (QED) is 0.830. The third-order valence-corrected chi connectivity index (χ3v) is 2.59. The van der Waals surface area contributed by atoms with Gasteiger partial charge in [-0.2, -0.15) is 0 Å². The molecule has 1 aromatic rings. The second-order valence-corrected chi connectivity index (χ2v) is 3.52. The first-order valence-electron chi connectivity index (χ1n) is 4.60. The molecule has 0 saturated carbocycles. The summed E-state index contributed by atoms with van der Waals surface area (Å²) in [7, 11) is 0. The molecule has 15 heavy (non-hydrogen) atoms. The Morgan fingerprint density at radius 2 is 2.27 bits per heavy atom. The van der Waals surface area contributed by atoms with Crippen LogP contribution in [-0.4, -0.2) is 18.1 Å². The van der Waals surface area contributed by atoms with Crippen LogP contribution < -0.4 is 10.5 Å². The van der Waals surface area contributed by atoms with E-state index in [0.29, 0.717) is 18.4 Å².